The standard InChI is InChI=1S/C15H16N4O5S/c20-19(21)12-3-1-4-14(11-12)25(22,23)18-9-5-13(6-10-18)24-15-16-7-2-8-17-15/h1-4,7-8,11,13H,5-6,9-10H2. The molecule has 0 amide bonds. The maximum atomic E-state index is 12.7. The molecule has 0 bridgehead atoms. The molecule has 3 rings (SSSR count). The molecular weight excluding hydrogens is 348 g/mol. The Kier molecular flexibility index (Phi) is 4.91. The lowest BCUT2D eigenvalue weighted by Crippen LogP contribution is -2.41. The Labute approximate surface area is 144 Å². The number of rotatable bonds is 5. The predicted molar refractivity (Wildman–Crippen MR) is 87.5 cm³/mol. The Bertz CT molecular complexity index is 851. The average molecular weight is 364 g/mol. The van der Waals surface area contributed by atoms with Gasteiger partial charge < -0.3 is 4.74 Å². The monoisotopic (exact) mass is 364 g/mol. The molecule has 0 spiro atoms. The molecule has 10 heteroatoms. The SMILES string of the molecule is O=[N+]([O-])c1cccc(S(=O)(=O)N2CCC(Oc3ncccn3)CC2)c1. The minimum Gasteiger partial charge on any atom is -0.460 e. The number of hydrogen-bond donors (Lipinski definition) is 0. The Morgan fingerprint density at radius 3 is 2.48 bits per heavy atom. The smallest absolute Gasteiger partial charge is 0.316 e. The molecule has 0 atom stereocenters. The zero-order valence-corrected chi connectivity index (χ0v) is 14.0. The van der Waals surface area contributed by atoms with Crippen molar-refractivity contribution in [2.45, 2.75) is 23.8 Å². The first-order valence-electron chi connectivity index (χ1n) is 7.65. The number of aromatic nitrogens is 2. The van der Waals surface area contributed by atoms with Crippen LogP contribution in [-0.4, -0.2) is 46.8 Å². The van der Waals surface area contributed by atoms with E-state index in [1.54, 1.807) is 18.5 Å². The van der Waals surface area contributed by atoms with Gasteiger partial charge in [-0.2, -0.15) is 4.31 Å². The van der Waals surface area contributed by atoms with E-state index in [4.69, 9.17) is 4.74 Å². The van der Waals surface area contributed by atoms with Crippen LogP contribution in [-0.2, 0) is 10.0 Å². The fourth-order valence-electron chi connectivity index (χ4n) is 2.59. The molecule has 1 aliphatic heterocycles. The van der Waals surface area contributed by atoms with Gasteiger partial charge >= 0.3 is 6.01 Å². The van der Waals surface area contributed by atoms with E-state index < -0.39 is 14.9 Å². The van der Waals surface area contributed by atoms with Gasteiger partial charge in [0.2, 0.25) is 10.0 Å². The quantitative estimate of drug-likeness (QED) is 0.584. The van der Waals surface area contributed by atoms with E-state index in [9.17, 15) is 18.5 Å². The van der Waals surface area contributed by atoms with Crippen LogP contribution < -0.4 is 4.74 Å². The maximum absolute atomic E-state index is 12.7. The molecule has 0 N–H and O–H groups in total. The second kappa shape index (κ2) is 7.11. The topological polar surface area (TPSA) is 116 Å². The molecule has 1 aromatic carbocycles. The first kappa shape index (κ1) is 17.2. The van der Waals surface area contributed by atoms with Crippen molar-refractivity contribution in [3.63, 3.8) is 0 Å². The largest absolute Gasteiger partial charge is 0.460 e. The van der Waals surface area contributed by atoms with Crippen LogP contribution in [0, 0.1) is 10.1 Å². The normalized spacial score (nSPS) is 16.5. The molecule has 2 heterocycles. The van der Waals surface area contributed by atoms with Crippen LogP contribution in [0.2, 0.25) is 0 Å². The number of nitro groups is 1. The zero-order valence-electron chi connectivity index (χ0n) is 13.2. The van der Waals surface area contributed by atoms with Crippen molar-refractivity contribution >= 4 is 15.7 Å². The molecule has 0 radical (unpaired) electrons. The van der Waals surface area contributed by atoms with Crippen molar-refractivity contribution in [3.05, 3.63) is 52.8 Å². The molecule has 1 fully saturated rings. The van der Waals surface area contributed by atoms with Gasteiger partial charge in [-0.1, -0.05) is 6.07 Å². The number of ether oxygens (including phenoxy) is 1. The number of hydrogen-bond acceptors (Lipinski definition) is 7. The van der Waals surface area contributed by atoms with Gasteiger partial charge in [0.05, 0.1) is 9.82 Å². The fraction of sp³-hybridized carbons (Fsp3) is 0.333. The molecule has 0 saturated carbocycles. The second-order valence-corrected chi connectivity index (χ2v) is 7.45. The van der Waals surface area contributed by atoms with Crippen molar-refractivity contribution in [1.29, 1.82) is 0 Å². The summed E-state index contributed by atoms with van der Waals surface area (Å²) in [5, 5.41) is 10.8. The van der Waals surface area contributed by atoms with Gasteiger partial charge in [-0.25, -0.2) is 18.4 Å². The Morgan fingerprint density at radius 1 is 1.16 bits per heavy atom. The van der Waals surface area contributed by atoms with Crippen LogP contribution in [0.4, 0.5) is 5.69 Å². The minimum absolute atomic E-state index is 0.0764. The Balaban J connectivity index is 1.67. The summed E-state index contributed by atoms with van der Waals surface area (Å²) in [4.78, 5) is 18.1. The van der Waals surface area contributed by atoms with E-state index in [-0.39, 0.29) is 35.8 Å². The summed E-state index contributed by atoms with van der Waals surface area (Å²) in [5.41, 5.74) is -0.250. The van der Waals surface area contributed by atoms with Crippen LogP contribution in [0.3, 0.4) is 0 Å². The predicted octanol–water partition coefficient (Wildman–Crippen LogP) is 1.62. The molecule has 0 aliphatic carbocycles. The van der Waals surface area contributed by atoms with Crippen LogP contribution in [0.1, 0.15) is 12.8 Å². The highest BCUT2D eigenvalue weighted by molar-refractivity contribution is 7.89. The van der Waals surface area contributed by atoms with Crippen molar-refractivity contribution in [2.24, 2.45) is 0 Å². The summed E-state index contributed by atoms with van der Waals surface area (Å²) in [5.74, 6) is 0. The van der Waals surface area contributed by atoms with E-state index >= 15 is 0 Å². The summed E-state index contributed by atoms with van der Waals surface area (Å²) in [7, 11) is -3.77. The average Bonchev–Trinajstić information content (AvgIpc) is 2.63. The third-order valence-corrected chi connectivity index (χ3v) is 5.78. The minimum atomic E-state index is -3.77. The van der Waals surface area contributed by atoms with Crippen LogP contribution in [0.5, 0.6) is 6.01 Å². The number of benzene rings is 1. The molecule has 9 nitrogen and oxygen atoms in total. The number of nitrogens with zero attached hydrogens (tertiary/aromatic N) is 4. The van der Waals surface area contributed by atoms with Gasteiger partial charge in [-0.3, -0.25) is 10.1 Å². The molecule has 1 aromatic heterocycles. The number of non-ortho nitro benzene ring substituents is 1. The highest BCUT2D eigenvalue weighted by atomic mass is 32.2. The van der Waals surface area contributed by atoms with Crippen LogP contribution in [0.15, 0.2) is 47.6 Å². The Morgan fingerprint density at radius 2 is 1.84 bits per heavy atom. The van der Waals surface area contributed by atoms with Gasteiger partial charge in [-0.05, 0) is 25.0 Å². The third-order valence-electron chi connectivity index (χ3n) is 3.88. The number of piperidine rings is 1. The summed E-state index contributed by atoms with van der Waals surface area (Å²) >= 11 is 0. The summed E-state index contributed by atoms with van der Waals surface area (Å²) in [6.45, 7) is 0.533. The van der Waals surface area contributed by atoms with Crippen molar-refractivity contribution in [2.75, 3.05) is 13.1 Å². The molecule has 2 aromatic rings. The third kappa shape index (κ3) is 3.91. The van der Waals surface area contributed by atoms with E-state index in [1.807, 2.05) is 0 Å². The number of sulfonamides is 1. The second-order valence-electron chi connectivity index (χ2n) is 5.51. The molecule has 1 aliphatic rings. The van der Waals surface area contributed by atoms with Gasteiger partial charge in [0.15, 0.2) is 0 Å². The lowest BCUT2D eigenvalue weighted by atomic mass is 10.1. The van der Waals surface area contributed by atoms with Crippen molar-refractivity contribution in [3.8, 4) is 6.01 Å². The molecular formula is C15H16N4O5S. The summed E-state index contributed by atoms with van der Waals surface area (Å²) < 4.78 is 32.3. The first-order chi connectivity index (χ1) is 12.0. The highest BCUT2D eigenvalue weighted by Gasteiger charge is 2.31. The first-order valence-corrected chi connectivity index (χ1v) is 9.09. The van der Waals surface area contributed by atoms with E-state index in [1.165, 1.54) is 22.5 Å². The van der Waals surface area contributed by atoms with E-state index in [0.717, 1.165) is 6.07 Å². The van der Waals surface area contributed by atoms with E-state index in [2.05, 4.69) is 9.97 Å². The maximum Gasteiger partial charge on any atom is 0.316 e. The summed E-state index contributed by atoms with van der Waals surface area (Å²) in [6.07, 6.45) is 3.96. The van der Waals surface area contributed by atoms with Gasteiger partial charge in [-0.15, -0.1) is 0 Å². The molecule has 1 saturated heterocycles. The van der Waals surface area contributed by atoms with Crippen molar-refractivity contribution in [1.82, 2.24) is 14.3 Å². The van der Waals surface area contributed by atoms with E-state index in [0.29, 0.717) is 12.8 Å². The van der Waals surface area contributed by atoms with Crippen LogP contribution >= 0.6 is 0 Å². The fourth-order valence-corrected chi connectivity index (χ4v) is 4.10. The summed E-state index contributed by atoms with van der Waals surface area (Å²) in [6, 6.07) is 7.02. The van der Waals surface area contributed by atoms with Crippen molar-refractivity contribution < 1.29 is 18.1 Å². The van der Waals surface area contributed by atoms with Gasteiger partial charge in [0, 0.05) is 37.6 Å². The van der Waals surface area contributed by atoms with Crippen LogP contribution in [0.25, 0.3) is 0 Å². The number of nitro benzene ring substituents is 1. The molecule has 0 unspecified atom stereocenters. The molecule has 132 valence electrons. The molecule has 25 heavy (non-hydrogen) atoms. The van der Waals surface area contributed by atoms with Gasteiger partial charge in [0.1, 0.15) is 6.10 Å². The lowest BCUT2D eigenvalue weighted by molar-refractivity contribution is -0.385. The lowest BCUT2D eigenvalue weighted by Gasteiger charge is -2.30. The highest BCUT2D eigenvalue weighted by Crippen LogP contribution is 2.24. The van der Waals surface area contributed by atoms with Gasteiger partial charge in [0.25, 0.3) is 5.69 Å². The zero-order chi connectivity index (χ0) is 17.9. The Hall–Kier alpha value is -2.59.